The molecule has 5 heterocycles. The number of carbonyl (C=O) groups excluding carboxylic acids is 1. The Kier molecular flexibility index (Phi) is 4.18. The molecule has 4 fully saturated rings. The zero-order valence-electron chi connectivity index (χ0n) is 16.6. The van der Waals surface area contributed by atoms with Gasteiger partial charge < -0.3 is 24.2 Å². The quantitative estimate of drug-likeness (QED) is 0.704. The van der Waals surface area contributed by atoms with Gasteiger partial charge in [0.15, 0.2) is 0 Å². The molecule has 5 rings (SSSR count). The fraction of sp³-hybridized carbons (Fsp3) is 0.700. The summed E-state index contributed by atoms with van der Waals surface area (Å²) in [5.74, 6) is 0.935. The molecule has 1 aromatic heterocycles. The van der Waals surface area contributed by atoms with Crippen LogP contribution < -0.4 is 9.80 Å². The summed E-state index contributed by atoms with van der Waals surface area (Å²) in [5, 5.41) is 0.517. The maximum absolute atomic E-state index is 12.5. The fourth-order valence-corrected chi connectivity index (χ4v) is 5.19. The number of hydrogen-bond donors (Lipinski definition) is 0. The molecule has 0 saturated carbocycles. The summed E-state index contributed by atoms with van der Waals surface area (Å²) >= 11 is 6.38. The number of amides is 1. The minimum atomic E-state index is -0.467. The van der Waals surface area contributed by atoms with Crippen LogP contribution >= 0.6 is 11.6 Å². The van der Waals surface area contributed by atoms with Crippen molar-refractivity contribution in [3.05, 3.63) is 17.3 Å². The molecule has 152 valence electrons. The lowest BCUT2D eigenvalue weighted by Gasteiger charge is -2.37. The number of likely N-dealkylation sites (tertiary alicyclic amines) is 1. The van der Waals surface area contributed by atoms with Gasteiger partial charge in [-0.15, -0.1) is 0 Å². The summed E-state index contributed by atoms with van der Waals surface area (Å²) in [5.41, 5.74) is 0.625. The summed E-state index contributed by atoms with van der Waals surface area (Å²) in [6, 6.07) is 4.97. The number of rotatable bonds is 2. The van der Waals surface area contributed by atoms with E-state index in [1.54, 1.807) is 0 Å². The Morgan fingerprint density at radius 3 is 2.57 bits per heavy atom. The van der Waals surface area contributed by atoms with Gasteiger partial charge in [-0.25, -0.2) is 9.78 Å². The van der Waals surface area contributed by atoms with E-state index in [0.29, 0.717) is 29.9 Å². The molecule has 4 aliphatic rings. The fourth-order valence-electron chi connectivity index (χ4n) is 4.99. The van der Waals surface area contributed by atoms with Gasteiger partial charge in [0, 0.05) is 37.4 Å². The van der Waals surface area contributed by atoms with Crippen molar-refractivity contribution in [3.8, 4) is 0 Å². The number of morpholine rings is 1. The molecule has 0 aliphatic carbocycles. The predicted octanol–water partition coefficient (Wildman–Crippen LogP) is 2.91. The molecule has 0 spiro atoms. The predicted molar refractivity (Wildman–Crippen MR) is 107 cm³/mol. The second kappa shape index (κ2) is 6.39. The number of aromatic nitrogens is 1. The lowest BCUT2D eigenvalue weighted by Crippen LogP contribution is -2.50. The van der Waals surface area contributed by atoms with Gasteiger partial charge in [-0.3, -0.25) is 0 Å². The van der Waals surface area contributed by atoms with Crippen LogP contribution in [0.3, 0.4) is 0 Å². The first-order valence-corrected chi connectivity index (χ1v) is 10.5. The minimum absolute atomic E-state index is 0.187. The highest BCUT2D eigenvalue weighted by molar-refractivity contribution is 6.29. The van der Waals surface area contributed by atoms with E-state index >= 15 is 0 Å². The summed E-state index contributed by atoms with van der Waals surface area (Å²) in [6.07, 6.45) is 2.15. The van der Waals surface area contributed by atoms with Gasteiger partial charge in [0.2, 0.25) is 0 Å². The zero-order chi connectivity index (χ0) is 19.6. The number of anilines is 2. The average molecular weight is 407 g/mol. The Hall–Kier alpha value is -1.73. The standard InChI is InChI=1S/C20H27ClN4O3/c1-20(2,3)28-19(26)25-9-13-4-14(25)8-23(13)12-6-17(21)22-18(7-12)24-10-16-5-15(24)11-27-16/h6-7,13-16H,4-5,8-11H2,1-3H3. The normalized spacial score (nSPS) is 31.2. The lowest BCUT2D eigenvalue weighted by atomic mass is 10.2. The SMILES string of the molecule is CC(C)(C)OC(=O)N1CC2CC1CN2c1cc(Cl)nc(N2CC3CC2CO3)c1. The van der Waals surface area contributed by atoms with E-state index in [1.165, 1.54) is 0 Å². The molecule has 1 aromatic rings. The topological polar surface area (TPSA) is 58.1 Å². The Labute approximate surface area is 170 Å². The number of halogens is 1. The first kappa shape index (κ1) is 18.3. The molecular weight excluding hydrogens is 380 g/mol. The van der Waals surface area contributed by atoms with Crippen molar-refractivity contribution >= 4 is 29.2 Å². The second-order valence-corrected chi connectivity index (χ2v) is 9.72. The van der Waals surface area contributed by atoms with Gasteiger partial charge in [0.1, 0.15) is 16.6 Å². The highest BCUT2D eigenvalue weighted by Crippen LogP contribution is 2.39. The molecule has 4 atom stereocenters. The van der Waals surface area contributed by atoms with Crippen LogP contribution in [0, 0.1) is 0 Å². The van der Waals surface area contributed by atoms with Crippen LogP contribution in [0.25, 0.3) is 0 Å². The molecule has 0 radical (unpaired) electrons. The number of carbonyl (C=O) groups is 1. The van der Waals surface area contributed by atoms with Crippen molar-refractivity contribution in [1.82, 2.24) is 9.88 Å². The smallest absolute Gasteiger partial charge is 0.410 e. The van der Waals surface area contributed by atoms with Crippen LogP contribution in [-0.4, -0.2) is 72.0 Å². The van der Waals surface area contributed by atoms with Crippen molar-refractivity contribution in [2.75, 3.05) is 36.0 Å². The maximum atomic E-state index is 12.5. The van der Waals surface area contributed by atoms with Crippen molar-refractivity contribution in [3.63, 3.8) is 0 Å². The highest BCUT2D eigenvalue weighted by Gasteiger charge is 2.47. The van der Waals surface area contributed by atoms with Crippen molar-refractivity contribution < 1.29 is 14.3 Å². The van der Waals surface area contributed by atoms with E-state index in [1.807, 2.05) is 31.7 Å². The van der Waals surface area contributed by atoms with E-state index in [9.17, 15) is 4.79 Å². The van der Waals surface area contributed by atoms with Gasteiger partial charge in [-0.2, -0.15) is 0 Å². The third-order valence-electron chi connectivity index (χ3n) is 6.16. The van der Waals surface area contributed by atoms with Crippen molar-refractivity contribution in [2.45, 2.75) is 63.4 Å². The highest BCUT2D eigenvalue weighted by atomic mass is 35.5. The molecule has 0 aromatic carbocycles. The summed E-state index contributed by atoms with van der Waals surface area (Å²) in [6.45, 7) is 8.87. The molecule has 7 nitrogen and oxygen atoms in total. The van der Waals surface area contributed by atoms with Crippen LogP contribution in [0.2, 0.25) is 5.15 Å². The number of ether oxygens (including phenoxy) is 2. The van der Waals surface area contributed by atoms with Crippen molar-refractivity contribution in [2.24, 2.45) is 0 Å². The van der Waals surface area contributed by atoms with Crippen LogP contribution in [0.15, 0.2) is 12.1 Å². The van der Waals surface area contributed by atoms with Gasteiger partial charge in [0.05, 0.1) is 24.8 Å². The van der Waals surface area contributed by atoms with Crippen LogP contribution in [0.1, 0.15) is 33.6 Å². The Balaban J connectivity index is 1.32. The molecule has 28 heavy (non-hydrogen) atoms. The van der Waals surface area contributed by atoms with Gasteiger partial charge in [-0.1, -0.05) is 11.6 Å². The Morgan fingerprint density at radius 2 is 1.96 bits per heavy atom. The Morgan fingerprint density at radius 1 is 1.14 bits per heavy atom. The Bertz CT molecular complexity index is 798. The monoisotopic (exact) mass is 406 g/mol. The summed E-state index contributed by atoms with van der Waals surface area (Å²) < 4.78 is 11.3. The molecule has 1 amide bonds. The van der Waals surface area contributed by atoms with Crippen molar-refractivity contribution in [1.29, 1.82) is 0 Å². The molecule has 4 unspecified atom stereocenters. The first-order valence-electron chi connectivity index (χ1n) is 10.1. The van der Waals surface area contributed by atoms with E-state index in [-0.39, 0.29) is 12.1 Å². The van der Waals surface area contributed by atoms with E-state index in [0.717, 1.165) is 44.0 Å². The van der Waals surface area contributed by atoms with E-state index < -0.39 is 5.60 Å². The lowest BCUT2D eigenvalue weighted by molar-refractivity contribution is 0.0214. The number of piperazine rings is 1. The molecule has 4 aliphatic heterocycles. The minimum Gasteiger partial charge on any atom is -0.444 e. The van der Waals surface area contributed by atoms with Crippen LogP contribution in [0.5, 0.6) is 0 Å². The molecule has 0 N–H and O–H groups in total. The van der Waals surface area contributed by atoms with E-state index in [2.05, 4.69) is 20.9 Å². The number of nitrogens with zero attached hydrogens (tertiary/aromatic N) is 4. The second-order valence-electron chi connectivity index (χ2n) is 9.33. The molecule has 4 saturated heterocycles. The van der Waals surface area contributed by atoms with Gasteiger partial charge in [-0.05, 0) is 39.7 Å². The maximum Gasteiger partial charge on any atom is 0.410 e. The van der Waals surface area contributed by atoms with Crippen LogP contribution in [-0.2, 0) is 9.47 Å². The zero-order valence-corrected chi connectivity index (χ0v) is 17.4. The molecular formula is C20H27ClN4O3. The molecule has 4 bridgehead atoms. The largest absolute Gasteiger partial charge is 0.444 e. The number of pyridine rings is 1. The third-order valence-corrected chi connectivity index (χ3v) is 6.35. The van der Waals surface area contributed by atoms with Crippen LogP contribution in [0.4, 0.5) is 16.3 Å². The molecule has 8 heteroatoms. The summed E-state index contributed by atoms with van der Waals surface area (Å²) in [4.78, 5) is 23.6. The number of fused-ring (bicyclic) bond motifs is 4. The van der Waals surface area contributed by atoms with Gasteiger partial charge >= 0.3 is 6.09 Å². The van der Waals surface area contributed by atoms with Gasteiger partial charge in [0.25, 0.3) is 0 Å². The number of hydrogen-bond acceptors (Lipinski definition) is 6. The summed E-state index contributed by atoms with van der Waals surface area (Å²) in [7, 11) is 0. The average Bonchev–Trinajstić information content (AvgIpc) is 3.38. The van der Waals surface area contributed by atoms with E-state index in [4.69, 9.17) is 21.1 Å². The first-order chi connectivity index (χ1) is 13.3. The third kappa shape index (κ3) is 3.18.